The Morgan fingerprint density at radius 2 is 1.60 bits per heavy atom. The van der Waals surface area contributed by atoms with Crippen molar-refractivity contribution in [2.45, 2.75) is 53.5 Å². The number of nitrogens with zero attached hydrogens (tertiary/aromatic N) is 1. The number of rotatable bonds is 1. The molecule has 0 saturated carbocycles. The Labute approximate surface area is 118 Å². The summed E-state index contributed by atoms with van der Waals surface area (Å²) in [6, 6.07) is 0. The zero-order valence-corrected chi connectivity index (χ0v) is 12.9. The molecule has 0 bridgehead atoms. The quantitative estimate of drug-likeness (QED) is 0.771. The number of carboxylic acids is 1. The Hall–Kier alpha value is -1.59. The van der Waals surface area contributed by atoms with Gasteiger partial charge < -0.3 is 10.2 Å². The zero-order valence-electron chi connectivity index (χ0n) is 12.9. The lowest BCUT2D eigenvalue weighted by Crippen LogP contribution is -2.66. The van der Waals surface area contributed by atoms with Gasteiger partial charge >= 0.3 is 12.1 Å². The molecule has 0 radical (unpaired) electrons. The van der Waals surface area contributed by atoms with Gasteiger partial charge in [-0.3, -0.25) is 4.79 Å². The fraction of sp³-hybridized carbons (Fsp3) is 0.786. The van der Waals surface area contributed by atoms with E-state index in [4.69, 9.17) is 0 Å². The number of imide groups is 1. The molecule has 1 rings (SSSR count). The number of likely N-dealkylation sites (tertiary alicyclic amines) is 1. The summed E-state index contributed by atoms with van der Waals surface area (Å²) in [6.45, 7) is 10.5. The maximum Gasteiger partial charge on any atom is 0.415 e. The van der Waals surface area contributed by atoms with Gasteiger partial charge in [-0.05, 0) is 10.8 Å². The Kier molecular flexibility index (Phi) is 3.67. The van der Waals surface area contributed by atoms with Gasteiger partial charge in [-0.15, -0.1) is 0 Å². The van der Waals surface area contributed by atoms with E-state index in [1.54, 1.807) is 20.8 Å². The van der Waals surface area contributed by atoms with E-state index < -0.39 is 40.3 Å². The van der Waals surface area contributed by atoms with Crippen molar-refractivity contribution in [3.8, 4) is 0 Å². The summed E-state index contributed by atoms with van der Waals surface area (Å²) in [5, 5.41) is 19.2. The van der Waals surface area contributed by atoms with Gasteiger partial charge in [-0.25, -0.2) is 14.5 Å². The number of carbonyl (C=O) groups excluding carboxylic acids is 1. The van der Waals surface area contributed by atoms with Crippen LogP contribution in [0.1, 0.15) is 48.0 Å². The van der Waals surface area contributed by atoms with Crippen LogP contribution in [0.4, 0.5) is 4.79 Å². The van der Waals surface area contributed by atoms with Crippen LogP contribution in [-0.4, -0.2) is 38.6 Å². The maximum atomic E-state index is 12.1. The third-order valence-electron chi connectivity index (χ3n) is 4.19. The van der Waals surface area contributed by atoms with Crippen molar-refractivity contribution in [3.05, 3.63) is 0 Å². The van der Waals surface area contributed by atoms with Gasteiger partial charge in [0.15, 0.2) is 5.54 Å². The Bertz CT molecular complexity index is 457. The third-order valence-corrected chi connectivity index (χ3v) is 4.19. The molecule has 2 amide bonds. The summed E-state index contributed by atoms with van der Waals surface area (Å²) >= 11 is 0. The smallest absolute Gasteiger partial charge is 0.415 e. The summed E-state index contributed by atoms with van der Waals surface area (Å²) in [5.74, 6) is -2.50. The summed E-state index contributed by atoms with van der Waals surface area (Å²) in [6.07, 6.45) is -1.57. The van der Waals surface area contributed by atoms with Crippen LogP contribution in [0.3, 0.4) is 0 Å². The monoisotopic (exact) mass is 285 g/mol. The van der Waals surface area contributed by atoms with Crippen molar-refractivity contribution in [1.29, 1.82) is 0 Å². The molecule has 0 aromatic rings. The number of carboxylic acid groups (broad SMARTS) is 2. The normalized spacial score (nSPS) is 27.8. The molecule has 20 heavy (non-hydrogen) atoms. The van der Waals surface area contributed by atoms with E-state index in [0.717, 1.165) is 0 Å². The average Bonchev–Trinajstić information content (AvgIpc) is 2.50. The minimum atomic E-state index is -1.76. The Morgan fingerprint density at radius 1 is 1.15 bits per heavy atom. The molecule has 114 valence electrons. The highest BCUT2D eigenvalue weighted by Crippen LogP contribution is 2.54. The van der Waals surface area contributed by atoms with E-state index in [1.165, 1.54) is 0 Å². The van der Waals surface area contributed by atoms with Crippen molar-refractivity contribution in [3.63, 3.8) is 0 Å². The number of carbonyl (C=O) groups is 3. The zero-order chi connectivity index (χ0) is 16.1. The van der Waals surface area contributed by atoms with Crippen LogP contribution < -0.4 is 0 Å². The van der Waals surface area contributed by atoms with Crippen LogP contribution in [-0.2, 0) is 9.59 Å². The maximum absolute atomic E-state index is 12.1. The first-order valence-electron chi connectivity index (χ1n) is 6.57. The molecule has 0 aromatic carbocycles. The molecule has 1 aliphatic heterocycles. The molecule has 2 N–H and O–H groups in total. The molecule has 1 heterocycles. The van der Waals surface area contributed by atoms with Crippen LogP contribution >= 0.6 is 0 Å². The molecule has 1 saturated heterocycles. The second-order valence-corrected chi connectivity index (χ2v) is 7.46. The summed E-state index contributed by atoms with van der Waals surface area (Å²) in [7, 11) is 0. The highest BCUT2D eigenvalue weighted by Gasteiger charge is 2.68. The minimum Gasteiger partial charge on any atom is -0.479 e. The second-order valence-electron chi connectivity index (χ2n) is 7.46. The van der Waals surface area contributed by atoms with Gasteiger partial charge in [0.05, 0.1) is 0 Å². The van der Waals surface area contributed by atoms with Crippen LogP contribution in [0, 0.1) is 16.7 Å². The van der Waals surface area contributed by atoms with Crippen molar-refractivity contribution in [2.24, 2.45) is 16.7 Å². The van der Waals surface area contributed by atoms with Gasteiger partial charge in [0, 0.05) is 12.3 Å². The van der Waals surface area contributed by atoms with Crippen LogP contribution in [0.5, 0.6) is 0 Å². The lowest BCUT2D eigenvalue weighted by molar-refractivity contribution is -0.166. The van der Waals surface area contributed by atoms with Gasteiger partial charge in [0.1, 0.15) is 0 Å². The first kappa shape index (κ1) is 16.5. The van der Waals surface area contributed by atoms with E-state index >= 15 is 0 Å². The third kappa shape index (κ3) is 2.07. The number of hydrogen-bond donors (Lipinski definition) is 2. The minimum absolute atomic E-state index is 0.0701. The fourth-order valence-corrected chi connectivity index (χ4v) is 3.38. The Morgan fingerprint density at radius 3 is 1.85 bits per heavy atom. The fourth-order valence-electron chi connectivity index (χ4n) is 3.38. The highest BCUT2D eigenvalue weighted by molar-refractivity contribution is 6.02. The molecule has 6 heteroatoms. The van der Waals surface area contributed by atoms with E-state index in [2.05, 4.69) is 0 Å². The molecule has 0 aromatic heterocycles. The number of hydrogen-bond acceptors (Lipinski definition) is 3. The SMILES string of the molecule is CC(C)(C)C1CC(=O)N(C(=O)O)[C@]1(C(=O)O)C(C)(C)C. The van der Waals surface area contributed by atoms with E-state index in [9.17, 15) is 24.6 Å². The molecule has 1 unspecified atom stereocenters. The van der Waals surface area contributed by atoms with Gasteiger partial charge in [0.25, 0.3) is 0 Å². The highest BCUT2D eigenvalue weighted by atomic mass is 16.4. The molecule has 2 atom stereocenters. The van der Waals surface area contributed by atoms with Crippen LogP contribution in [0.15, 0.2) is 0 Å². The number of amides is 2. The largest absolute Gasteiger partial charge is 0.479 e. The van der Waals surface area contributed by atoms with Crippen molar-refractivity contribution in [1.82, 2.24) is 4.90 Å². The molecule has 1 aliphatic rings. The molecule has 0 spiro atoms. The lowest BCUT2D eigenvalue weighted by atomic mass is 9.59. The van der Waals surface area contributed by atoms with Crippen molar-refractivity contribution >= 4 is 18.0 Å². The van der Waals surface area contributed by atoms with Crippen LogP contribution in [0.25, 0.3) is 0 Å². The summed E-state index contributed by atoms with van der Waals surface area (Å²) < 4.78 is 0. The van der Waals surface area contributed by atoms with Crippen molar-refractivity contribution < 1.29 is 24.6 Å². The Balaban J connectivity index is 3.70. The predicted molar refractivity (Wildman–Crippen MR) is 72.3 cm³/mol. The molecule has 1 fully saturated rings. The first-order chi connectivity index (χ1) is 8.77. The topological polar surface area (TPSA) is 94.9 Å². The summed E-state index contributed by atoms with van der Waals surface area (Å²) in [4.78, 5) is 36.2. The van der Waals surface area contributed by atoms with E-state index in [0.29, 0.717) is 4.90 Å². The van der Waals surface area contributed by atoms with Gasteiger partial charge in [-0.2, -0.15) is 0 Å². The predicted octanol–water partition coefficient (Wildman–Crippen LogP) is 2.43. The lowest BCUT2D eigenvalue weighted by Gasteiger charge is -2.49. The average molecular weight is 285 g/mol. The second kappa shape index (κ2) is 4.46. The first-order valence-corrected chi connectivity index (χ1v) is 6.57. The molecular weight excluding hydrogens is 262 g/mol. The van der Waals surface area contributed by atoms with Crippen molar-refractivity contribution in [2.75, 3.05) is 0 Å². The molecule has 6 nitrogen and oxygen atoms in total. The summed E-state index contributed by atoms with van der Waals surface area (Å²) in [5.41, 5.74) is -3.18. The van der Waals surface area contributed by atoms with Gasteiger partial charge in [0.2, 0.25) is 5.91 Å². The number of aliphatic carboxylic acids is 1. The van der Waals surface area contributed by atoms with E-state index in [1.807, 2.05) is 20.8 Å². The molecule has 0 aliphatic carbocycles. The van der Waals surface area contributed by atoms with Gasteiger partial charge in [-0.1, -0.05) is 41.5 Å². The molecular formula is C14H23NO5. The standard InChI is InChI=1S/C14H23NO5/c1-12(2,3)8-7-9(16)15(11(19)20)14(8,10(17)18)13(4,5)6/h8H,7H2,1-6H3,(H,17,18)(H,19,20)/t8?,14-/m1/s1. The van der Waals surface area contributed by atoms with Crippen LogP contribution in [0.2, 0.25) is 0 Å². The van der Waals surface area contributed by atoms with E-state index in [-0.39, 0.29) is 6.42 Å².